The molecule has 0 saturated carbocycles. The molecule has 0 N–H and O–H groups in total. The molecule has 0 bridgehead atoms. The van der Waals surface area contributed by atoms with Crippen LogP contribution in [0.5, 0.6) is 0 Å². The fraction of sp³-hybridized carbons (Fsp3) is 0.357. The van der Waals surface area contributed by atoms with Gasteiger partial charge in [0.15, 0.2) is 6.21 Å². The Morgan fingerprint density at radius 1 is 1.27 bits per heavy atom. The average molecular weight is 200 g/mol. The summed E-state index contributed by atoms with van der Waals surface area (Å²) in [7, 11) is 0. The quantitative estimate of drug-likeness (QED) is 0.646. The number of rotatable bonds is 2. The average Bonchev–Trinajstić information content (AvgIpc) is 2.66. The van der Waals surface area contributed by atoms with Gasteiger partial charge in [-0.25, -0.2) is 4.58 Å². The number of hydrogen-bond acceptors (Lipinski definition) is 0. The molecule has 1 saturated heterocycles. The molecule has 1 heterocycles. The van der Waals surface area contributed by atoms with Gasteiger partial charge < -0.3 is 0 Å². The highest BCUT2D eigenvalue weighted by Crippen LogP contribution is 2.10. The van der Waals surface area contributed by atoms with Gasteiger partial charge in [0.05, 0.1) is 0 Å². The summed E-state index contributed by atoms with van der Waals surface area (Å²) in [6.07, 6.45) is 9.18. The van der Waals surface area contributed by atoms with Crippen LogP contribution in [0.3, 0.4) is 0 Å². The number of allylic oxidation sites excluding steroid dienone is 1. The number of nitrogens with zero attached hydrogens (tertiary/aromatic N) is 1. The molecule has 1 atom stereocenters. The summed E-state index contributed by atoms with van der Waals surface area (Å²) >= 11 is 0. The molecule has 1 aromatic carbocycles. The van der Waals surface area contributed by atoms with Gasteiger partial charge >= 0.3 is 0 Å². The minimum atomic E-state index is 0.713. The third kappa shape index (κ3) is 2.79. The number of benzene rings is 1. The Morgan fingerprint density at radius 3 is 2.73 bits per heavy atom. The van der Waals surface area contributed by atoms with E-state index >= 15 is 0 Å². The molecule has 0 unspecified atom stereocenters. The molecule has 1 aromatic rings. The summed E-state index contributed by atoms with van der Waals surface area (Å²) in [6, 6.07) is 11.1. The molecule has 2 rings (SSSR count). The van der Waals surface area contributed by atoms with Gasteiger partial charge in [-0.3, -0.25) is 0 Å². The van der Waals surface area contributed by atoms with Crippen LogP contribution >= 0.6 is 0 Å². The van der Waals surface area contributed by atoms with Gasteiger partial charge in [-0.1, -0.05) is 30.3 Å². The summed E-state index contributed by atoms with van der Waals surface area (Å²) in [6.45, 7) is 3.50. The highest BCUT2D eigenvalue weighted by Gasteiger charge is 2.21. The van der Waals surface area contributed by atoms with Crippen LogP contribution in [-0.4, -0.2) is 23.4 Å². The minimum absolute atomic E-state index is 0.713. The highest BCUT2D eigenvalue weighted by molar-refractivity contribution is 5.74. The third-order valence-corrected chi connectivity index (χ3v) is 2.97. The molecule has 0 aliphatic carbocycles. The van der Waals surface area contributed by atoms with Crippen LogP contribution in [-0.2, 0) is 0 Å². The lowest BCUT2D eigenvalue weighted by Crippen LogP contribution is -2.15. The van der Waals surface area contributed by atoms with E-state index in [1.165, 1.54) is 24.9 Å². The maximum Gasteiger partial charge on any atom is 0.163 e. The predicted octanol–water partition coefficient (Wildman–Crippen LogP) is 2.97. The fourth-order valence-corrected chi connectivity index (χ4v) is 2.01. The van der Waals surface area contributed by atoms with Gasteiger partial charge in [-0.15, -0.1) is 0 Å². The van der Waals surface area contributed by atoms with Crippen LogP contribution in [0, 0.1) is 0 Å². The zero-order chi connectivity index (χ0) is 10.5. The van der Waals surface area contributed by atoms with E-state index in [1.807, 2.05) is 6.07 Å². The van der Waals surface area contributed by atoms with Crippen molar-refractivity contribution in [1.29, 1.82) is 0 Å². The SMILES string of the molecule is C[C@@H]1CCC[N+]1=C/C=C/c1ccccc1. The zero-order valence-corrected chi connectivity index (χ0v) is 9.26. The van der Waals surface area contributed by atoms with Crippen molar-refractivity contribution in [2.24, 2.45) is 0 Å². The van der Waals surface area contributed by atoms with E-state index in [4.69, 9.17) is 0 Å². The van der Waals surface area contributed by atoms with Gasteiger partial charge in [0.1, 0.15) is 12.6 Å². The molecule has 1 aliphatic rings. The second-order valence-corrected chi connectivity index (χ2v) is 4.15. The minimum Gasteiger partial charge on any atom is -0.234 e. The van der Waals surface area contributed by atoms with E-state index in [9.17, 15) is 0 Å². The van der Waals surface area contributed by atoms with Gasteiger partial charge in [0.25, 0.3) is 0 Å². The molecule has 78 valence electrons. The number of hydrogen-bond donors (Lipinski definition) is 0. The lowest BCUT2D eigenvalue weighted by atomic mass is 10.2. The van der Waals surface area contributed by atoms with Crippen LogP contribution < -0.4 is 0 Å². The van der Waals surface area contributed by atoms with E-state index in [2.05, 4.69) is 54.1 Å². The summed E-state index contributed by atoms with van der Waals surface area (Å²) in [5.74, 6) is 0. The molecule has 1 nitrogen and oxygen atoms in total. The molecule has 0 spiro atoms. The van der Waals surface area contributed by atoms with Crippen LogP contribution in [0.25, 0.3) is 6.08 Å². The van der Waals surface area contributed by atoms with Gasteiger partial charge in [-0.2, -0.15) is 0 Å². The van der Waals surface area contributed by atoms with Crippen LogP contribution in [0.15, 0.2) is 36.4 Å². The summed E-state index contributed by atoms with van der Waals surface area (Å²) in [5, 5.41) is 0. The lowest BCUT2D eigenvalue weighted by molar-refractivity contribution is -0.534. The summed E-state index contributed by atoms with van der Waals surface area (Å²) < 4.78 is 2.42. The fourth-order valence-electron chi connectivity index (χ4n) is 2.01. The molecule has 15 heavy (non-hydrogen) atoms. The Morgan fingerprint density at radius 2 is 2.07 bits per heavy atom. The first-order valence-electron chi connectivity index (χ1n) is 5.68. The van der Waals surface area contributed by atoms with Crippen molar-refractivity contribution in [1.82, 2.24) is 0 Å². The summed E-state index contributed by atoms with van der Waals surface area (Å²) in [5.41, 5.74) is 1.26. The highest BCUT2D eigenvalue weighted by atomic mass is 15.0. The standard InChI is InChI=1S/C14H18N/c1-13-7-5-11-15(13)12-6-10-14-8-3-2-4-9-14/h2-4,6,8-10,12-13H,5,7,11H2,1H3/q+1/b10-6+,15-12?/t13-/m1/s1. The predicted molar refractivity (Wildman–Crippen MR) is 65.4 cm³/mol. The van der Waals surface area contributed by atoms with Crippen molar-refractivity contribution in [2.75, 3.05) is 6.54 Å². The van der Waals surface area contributed by atoms with Crippen molar-refractivity contribution >= 4 is 12.3 Å². The summed E-state index contributed by atoms with van der Waals surface area (Å²) in [4.78, 5) is 0. The Hall–Kier alpha value is -1.37. The largest absolute Gasteiger partial charge is 0.234 e. The van der Waals surface area contributed by atoms with Gasteiger partial charge in [0.2, 0.25) is 0 Å². The second-order valence-electron chi connectivity index (χ2n) is 4.15. The first-order valence-corrected chi connectivity index (χ1v) is 5.68. The normalized spacial score (nSPS) is 24.1. The Kier molecular flexibility index (Phi) is 3.33. The molecule has 1 aliphatic heterocycles. The Balaban J connectivity index is 2.01. The molecule has 1 heteroatoms. The Labute approximate surface area is 91.8 Å². The van der Waals surface area contributed by atoms with Gasteiger partial charge in [0, 0.05) is 18.9 Å². The van der Waals surface area contributed by atoms with Crippen LogP contribution in [0.2, 0.25) is 0 Å². The van der Waals surface area contributed by atoms with Crippen molar-refractivity contribution in [3.8, 4) is 0 Å². The molecule has 0 radical (unpaired) electrons. The van der Waals surface area contributed by atoms with Crippen LogP contribution in [0.1, 0.15) is 25.3 Å². The van der Waals surface area contributed by atoms with E-state index in [0.717, 1.165) is 0 Å². The molecule has 0 aromatic heterocycles. The smallest absolute Gasteiger partial charge is 0.163 e. The monoisotopic (exact) mass is 200 g/mol. The lowest BCUT2D eigenvalue weighted by Gasteiger charge is -1.97. The topological polar surface area (TPSA) is 3.01 Å². The van der Waals surface area contributed by atoms with E-state index in [1.54, 1.807) is 0 Å². The molecule has 0 amide bonds. The van der Waals surface area contributed by atoms with Crippen molar-refractivity contribution in [3.05, 3.63) is 42.0 Å². The van der Waals surface area contributed by atoms with Crippen molar-refractivity contribution in [2.45, 2.75) is 25.8 Å². The maximum absolute atomic E-state index is 2.42. The van der Waals surface area contributed by atoms with Crippen molar-refractivity contribution in [3.63, 3.8) is 0 Å². The van der Waals surface area contributed by atoms with Crippen LogP contribution in [0.4, 0.5) is 0 Å². The zero-order valence-electron chi connectivity index (χ0n) is 9.26. The van der Waals surface area contributed by atoms with E-state index in [0.29, 0.717) is 6.04 Å². The first kappa shape index (κ1) is 10.2. The molecule has 1 fully saturated rings. The second kappa shape index (κ2) is 4.92. The van der Waals surface area contributed by atoms with Crippen molar-refractivity contribution < 1.29 is 4.58 Å². The first-order chi connectivity index (χ1) is 7.36. The molecular weight excluding hydrogens is 182 g/mol. The third-order valence-electron chi connectivity index (χ3n) is 2.97. The Bertz CT molecular complexity index is 362. The maximum atomic E-state index is 2.42. The van der Waals surface area contributed by atoms with E-state index in [-0.39, 0.29) is 0 Å². The van der Waals surface area contributed by atoms with E-state index < -0.39 is 0 Å². The molecular formula is C14H18N+. The van der Waals surface area contributed by atoms with Gasteiger partial charge in [-0.05, 0) is 18.6 Å².